The number of hydrogen-bond acceptors (Lipinski definition) is 8. The maximum Gasteiger partial charge on any atom is 0.347 e. The van der Waals surface area contributed by atoms with E-state index in [9.17, 15) is 14.4 Å². The van der Waals surface area contributed by atoms with E-state index in [1.807, 2.05) is 13.8 Å². The molecule has 1 aliphatic heterocycles. The Labute approximate surface area is 203 Å². The fraction of sp³-hybridized carbons (Fsp3) is 0.360. The first-order chi connectivity index (χ1) is 16.8. The largest absolute Gasteiger partial charge is 0.479 e. The van der Waals surface area contributed by atoms with Gasteiger partial charge in [0, 0.05) is 5.56 Å². The molecule has 0 saturated heterocycles. The van der Waals surface area contributed by atoms with Crippen molar-refractivity contribution in [3.05, 3.63) is 53.6 Å². The fourth-order valence-corrected chi connectivity index (χ4v) is 3.18. The van der Waals surface area contributed by atoms with Gasteiger partial charge in [-0.3, -0.25) is 9.59 Å². The number of hydrazone groups is 1. The Morgan fingerprint density at radius 2 is 1.77 bits per heavy atom. The van der Waals surface area contributed by atoms with E-state index in [1.54, 1.807) is 56.3 Å². The van der Waals surface area contributed by atoms with E-state index < -0.39 is 29.9 Å². The number of esters is 1. The maximum atomic E-state index is 12.7. The van der Waals surface area contributed by atoms with Crippen LogP contribution < -0.4 is 25.0 Å². The van der Waals surface area contributed by atoms with Crippen LogP contribution in [-0.2, 0) is 14.3 Å². The van der Waals surface area contributed by atoms with E-state index in [2.05, 4.69) is 15.8 Å². The fourth-order valence-electron chi connectivity index (χ4n) is 3.18. The summed E-state index contributed by atoms with van der Waals surface area (Å²) < 4.78 is 21.0. The molecule has 2 N–H and O–H groups in total. The normalized spacial score (nSPS) is 13.9. The first kappa shape index (κ1) is 25.5. The number of rotatable bonds is 10. The Morgan fingerprint density at radius 1 is 1.06 bits per heavy atom. The quantitative estimate of drug-likeness (QED) is 0.302. The molecule has 2 aromatic carbocycles. The molecule has 1 aliphatic rings. The van der Waals surface area contributed by atoms with E-state index in [4.69, 9.17) is 18.9 Å². The molecular formula is C25H29N3O7. The first-order valence-corrected chi connectivity index (χ1v) is 11.2. The van der Waals surface area contributed by atoms with Crippen LogP contribution in [0.1, 0.15) is 43.6 Å². The standard InChI is InChI=1S/C25H29N3O7/c1-5-32-25(31)16(4)35-19-9-6-17(7-10-19)13-26-28-24(30)22(15(2)3)27-23(29)18-8-11-20-21(12-18)34-14-33-20/h6-13,15-16,22H,5,14H2,1-4H3,(H,27,29)(H,28,30). The highest BCUT2D eigenvalue weighted by molar-refractivity contribution is 5.98. The third kappa shape index (κ3) is 6.95. The number of fused-ring (bicyclic) bond motifs is 1. The Bertz CT molecular complexity index is 1080. The second-order valence-electron chi connectivity index (χ2n) is 8.08. The van der Waals surface area contributed by atoms with Crippen molar-refractivity contribution in [2.24, 2.45) is 11.0 Å². The summed E-state index contributed by atoms with van der Waals surface area (Å²) in [7, 11) is 0. The van der Waals surface area contributed by atoms with Crippen LogP contribution in [0.4, 0.5) is 0 Å². The van der Waals surface area contributed by atoms with Gasteiger partial charge in [0.05, 0.1) is 12.8 Å². The number of amides is 2. The van der Waals surface area contributed by atoms with Crippen molar-refractivity contribution in [1.29, 1.82) is 0 Å². The summed E-state index contributed by atoms with van der Waals surface area (Å²) in [5, 5.41) is 6.73. The van der Waals surface area contributed by atoms with Crippen molar-refractivity contribution in [2.45, 2.75) is 39.8 Å². The summed E-state index contributed by atoms with van der Waals surface area (Å²) >= 11 is 0. The van der Waals surface area contributed by atoms with Crippen LogP contribution in [-0.4, -0.2) is 49.5 Å². The number of nitrogens with one attached hydrogen (secondary N) is 2. The van der Waals surface area contributed by atoms with Gasteiger partial charge in [0.2, 0.25) is 6.79 Å². The van der Waals surface area contributed by atoms with Crippen LogP contribution in [0.5, 0.6) is 17.2 Å². The average Bonchev–Trinajstić information content (AvgIpc) is 3.31. The molecule has 2 unspecified atom stereocenters. The maximum absolute atomic E-state index is 12.7. The Balaban J connectivity index is 1.54. The van der Waals surface area contributed by atoms with Gasteiger partial charge in [-0.15, -0.1) is 0 Å². The summed E-state index contributed by atoms with van der Waals surface area (Å²) in [5.74, 6) is 0.0778. The third-order valence-corrected chi connectivity index (χ3v) is 5.07. The van der Waals surface area contributed by atoms with E-state index in [1.165, 1.54) is 6.21 Å². The van der Waals surface area contributed by atoms with Gasteiger partial charge in [0.25, 0.3) is 11.8 Å². The van der Waals surface area contributed by atoms with Gasteiger partial charge >= 0.3 is 5.97 Å². The summed E-state index contributed by atoms with van der Waals surface area (Å²) in [4.78, 5) is 37.0. The lowest BCUT2D eigenvalue weighted by Crippen LogP contribution is -2.48. The molecule has 2 amide bonds. The SMILES string of the molecule is CCOC(=O)C(C)Oc1ccc(C=NNC(=O)C(NC(=O)c2ccc3c(c2)OCO3)C(C)C)cc1. The molecule has 10 nitrogen and oxygen atoms in total. The molecule has 1 heterocycles. The third-order valence-electron chi connectivity index (χ3n) is 5.07. The van der Waals surface area contributed by atoms with E-state index >= 15 is 0 Å². The molecule has 0 spiro atoms. The number of ether oxygens (including phenoxy) is 4. The van der Waals surface area contributed by atoms with Gasteiger partial charge in [-0.2, -0.15) is 5.10 Å². The molecule has 2 atom stereocenters. The molecule has 0 bridgehead atoms. The highest BCUT2D eigenvalue weighted by Crippen LogP contribution is 2.32. The van der Waals surface area contributed by atoms with Gasteiger partial charge in [0.1, 0.15) is 11.8 Å². The van der Waals surface area contributed by atoms with Crippen LogP contribution in [0, 0.1) is 5.92 Å². The van der Waals surface area contributed by atoms with Gasteiger partial charge in [-0.25, -0.2) is 10.2 Å². The number of carbonyl (C=O) groups is 3. The van der Waals surface area contributed by atoms with E-state index in [-0.39, 0.29) is 19.3 Å². The zero-order valence-electron chi connectivity index (χ0n) is 20.1. The minimum atomic E-state index is -0.801. The van der Waals surface area contributed by atoms with Gasteiger partial charge in [-0.1, -0.05) is 13.8 Å². The monoisotopic (exact) mass is 483 g/mol. The molecule has 0 radical (unpaired) electrons. The Hall–Kier alpha value is -4.08. The van der Waals surface area contributed by atoms with Crippen molar-refractivity contribution in [3.63, 3.8) is 0 Å². The highest BCUT2D eigenvalue weighted by atomic mass is 16.7. The lowest BCUT2D eigenvalue weighted by atomic mass is 10.0. The van der Waals surface area contributed by atoms with E-state index in [0.29, 0.717) is 28.4 Å². The lowest BCUT2D eigenvalue weighted by Gasteiger charge is -2.20. The molecule has 35 heavy (non-hydrogen) atoms. The molecule has 0 saturated carbocycles. The molecule has 10 heteroatoms. The average molecular weight is 484 g/mol. The van der Waals surface area contributed by atoms with Crippen LogP contribution in [0.25, 0.3) is 0 Å². The predicted octanol–water partition coefficient (Wildman–Crippen LogP) is 2.65. The van der Waals surface area contributed by atoms with Crippen molar-refractivity contribution in [2.75, 3.05) is 13.4 Å². The number of hydrogen-bond donors (Lipinski definition) is 2. The molecular weight excluding hydrogens is 454 g/mol. The number of nitrogens with zero attached hydrogens (tertiary/aromatic N) is 1. The zero-order valence-corrected chi connectivity index (χ0v) is 20.1. The summed E-state index contributed by atoms with van der Waals surface area (Å²) in [5.41, 5.74) is 3.52. The van der Waals surface area contributed by atoms with Gasteiger partial charge in [-0.05, 0) is 67.8 Å². The predicted molar refractivity (Wildman–Crippen MR) is 128 cm³/mol. The molecule has 2 aromatic rings. The molecule has 0 aliphatic carbocycles. The summed E-state index contributed by atoms with van der Waals surface area (Å²) in [6, 6.07) is 10.9. The zero-order chi connectivity index (χ0) is 25.4. The molecule has 0 aromatic heterocycles. The van der Waals surface area contributed by atoms with Crippen LogP contribution >= 0.6 is 0 Å². The van der Waals surface area contributed by atoms with Gasteiger partial charge < -0.3 is 24.3 Å². The van der Waals surface area contributed by atoms with Crippen LogP contribution in [0.2, 0.25) is 0 Å². The van der Waals surface area contributed by atoms with Crippen molar-refractivity contribution >= 4 is 24.0 Å². The lowest BCUT2D eigenvalue weighted by molar-refractivity contribution is -0.150. The minimum Gasteiger partial charge on any atom is -0.479 e. The van der Waals surface area contributed by atoms with Gasteiger partial charge in [0.15, 0.2) is 17.6 Å². The summed E-state index contributed by atoms with van der Waals surface area (Å²) in [6.45, 7) is 7.38. The number of carbonyl (C=O) groups excluding carboxylic acids is 3. The Morgan fingerprint density at radius 3 is 2.46 bits per heavy atom. The first-order valence-electron chi connectivity index (χ1n) is 11.2. The smallest absolute Gasteiger partial charge is 0.347 e. The van der Waals surface area contributed by atoms with Crippen LogP contribution in [0.3, 0.4) is 0 Å². The Kier molecular flexibility index (Phi) is 8.66. The minimum absolute atomic E-state index is 0.109. The molecule has 186 valence electrons. The van der Waals surface area contributed by atoms with E-state index in [0.717, 1.165) is 0 Å². The van der Waals surface area contributed by atoms with Crippen LogP contribution in [0.15, 0.2) is 47.6 Å². The molecule has 3 rings (SSSR count). The topological polar surface area (TPSA) is 125 Å². The van der Waals surface area contributed by atoms with Crippen molar-refractivity contribution in [1.82, 2.24) is 10.7 Å². The number of benzene rings is 2. The second kappa shape index (κ2) is 11.9. The highest BCUT2D eigenvalue weighted by Gasteiger charge is 2.25. The second-order valence-corrected chi connectivity index (χ2v) is 8.08. The summed E-state index contributed by atoms with van der Waals surface area (Å²) in [6.07, 6.45) is 0.739. The van der Waals surface area contributed by atoms with Crippen molar-refractivity contribution < 1.29 is 33.3 Å². The van der Waals surface area contributed by atoms with Crippen molar-refractivity contribution in [3.8, 4) is 17.2 Å². The molecule has 0 fully saturated rings.